The van der Waals surface area contributed by atoms with E-state index in [4.69, 9.17) is 33.4 Å². The van der Waals surface area contributed by atoms with Gasteiger partial charge in [-0.15, -0.1) is 23.2 Å². The Bertz CT molecular complexity index is 1240. The first kappa shape index (κ1) is 26.5. The van der Waals surface area contributed by atoms with Crippen LogP contribution in [0.2, 0.25) is 0 Å². The highest BCUT2D eigenvalue weighted by Crippen LogP contribution is 2.28. The fourth-order valence-corrected chi connectivity index (χ4v) is 3.86. The van der Waals surface area contributed by atoms with Gasteiger partial charge in [-0.2, -0.15) is 5.26 Å². The zero-order valence-electron chi connectivity index (χ0n) is 20.0. The number of anilines is 1. The van der Waals surface area contributed by atoms with Crippen molar-refractivity contribution in [1.82, 2.24) is 19.9 Å². The maximum atomic E-state index is 12.8. The normalized spacial score (nSPS) is 13.7. The van der Waals surface area contributed by atoms with Crippen molar-refractivity contribution in [1.29, 1.82) is 5.26 Å². The number of benzene rings is 1. The molecule has 0 atom stereocenters. The van der Waals surface area contributed by atoms with Crippen LogP contribution in [0.25, 0.3) is 22.4 Å². The van der Waals surface area contributed by atoms with Crippen LogP contribution >= 0.6 is 23.2 Å². The van der Waals surface area contributed by atoms with Gasteiger partial charge in [0.25, 0.3) is 0 Å². The first-order valence-electron chi connectivity index (χ1n) is 11.2. The lowest BCUT2D eigenvalue weighted by molar-refractivity contribution is -0.130. The summed E-state index contributed by atoms with van der Waals surface area (Å²) in [4.78, 5) is 41.0. The number of hydrogen-bond donors (Lipinski definition) is 1. The zero-order valence-corrected chi connectivity index (χ0v) is 21.5. The molecule has 2 aromatic heterocycles. The molecule has 1 amide bonds. The maximum Gasteiger partial charge on any atom is 0.236 e. The second-order valence-corrected chi connectivity index (χ2v) is 9.90. The predicted octanol–water partition coefficient (Wildman–Crippen LogP) is 4.84. The summed E-state index contributed by atoms with van der Waals surface area (Å²) in [5.41, 5.74) is 3.87. The van der Waals surface area contributed by atoms with Crippen molar-refractivity contribution in [3.63, 3.8) is 0 Å². The minimum absolute atomic E-state index is 0.0211. The molecule has 3 aromatic rings. The molecule has 4 rings (SSSR count). The fraction of sp³-hybridized carbons (Fsp3) is 0.400. The Balaban J connectivity index is 0.00000108. The molecule has 1 fully saturated rings. The SMILES string of the molecule is CC(C)(C)C(=O)c1c[nH]c2ncc(-c3cccc(N4CCN(C(=O)CC#N)CC4)c3)nc12.ClCCl. The van der Waals surface area contributed by atoms with Gasteiger partial charge in [0.15, 0.2) is 11.4 Å². The van der Waals surface area contributed by atoms with E-state index in [0.717, 1.165) is 11.3 Å². The summed E-state index contributed by atoms with van der Waals surface area (Å²) in [5.74, 6) is -0.0932. The molecule has 1 N–H and O–H groups in total. The lowest BCUT2D eigenvalue weighted by Crippen LogP contribution is -2.48. The van der Waals surface area contributed by atoms with E-state index in [9.17, 15) is 9.59 Å². The van der Waals surface area contributed by atoms with Crippen molar-refractivity contribution in [3.8, 4) is 17.3 Å². The molecule has 1 aromatic carbocycles. The quantitative estimate of drug-likeness (QED) is 0.394. The summed E-state index contributed by atoms with van der Waals surface area (Å²) < 4.78 is 0. The summed E-state index contributed by atoms with van der Waals surface area (Å²) >= 11 is 9.53. The van der Waals surface area contributed by atoms with E-state index < -0.39 is 5.41 Å². The van der Waals surface area contributed by atoms with Crippen molar-refractivity contribution in [2.24, 2.45) is 5.41 Å². The molecule has 0 saturated carbocycles. The number of aromatic amines is 1. The number of rotatable bonds is 4. The Kier molecular flexibility index (Phi) is 8.71. The number of halogens is 2. The number of carbonyl (C=O) groups excluding carboxylic acids is 2. The van der Waals surface area contributed by atoms with Gasteiger partial charge in [0, 0.05) is 49.0 Å². The van der Waals surface area contributed by atoms with E-state index in [0.29, 0.717) is 48.6 Å². The molecule has 0 radical (unpaired) electrons. The summed E-state index contributed by atoms with van der Waals surface area (Å²) in [7, 11) is 0. The lowest BCUT2D eigenvalue weighted by Gasteiger charge is -2.36. The molecule has 0 bridgehead atoms. The third-order valence-corrected chi connectivity index (χ3v) is 5.68. The average Bonchev–Trinajstić information content (AvgIpc) is 3.27. The van der Waals surface area contributed by atoms with Crippen LogP contribution < -0.4 is 4.90 Å². The number of piperazine rings is 1. The minimum atomic E-state index is -0.510. The highest BCUT2D eigenvalue weighted by Gasteiger charge is 2.26. The first-order valence-corrected chi connectivity index (χ1v) is 12.3. The molecule has 8 nitrogen and oxygen atoms in total. The number of ketones is 1. The van der Waals surface area contributed by atoms with Crippen LogP contribution in [0.4, 0.5) is 5.69 Å². The molecular formula is C25H28Cl2N6O2. The van der Waals surface area contributed by atoms with Gasteiger partial charge in [-0.25, -0.2) is 9.97 Å². The summed E-state index contributed by atoms with van der Waals surface area (Å²) in [6.45, 7) is 8.27. The van der Waals surface area contributed by atoms with Crippen LogP contribution in [0.15, 0.2) is 36.7 Å². The van der Waals surface area contributed by atoms with Gasteiger partial charge >= 0.3 is 0 Å². The summed E-state index contributed by atoms with van der Waals surface area (Å²) in [6.07, 6.45) is 3.32. The molecule has 184 valence electrons. The number of amides is 1. The van der Waals surface area contributed by atoms with Crippen LogP contribution in [-0.2, 0) is 4.79 Å². The Labute approximate surface area is 214 Å². The topological polar surface area (TPSA) is 106 Å². The number of nitrogens with one attached hydrogen (secondary N) is 1. The van der Waals surface area contributed by atoms with Crippen LogP contribution in [0, 0.1) is 16.7 Å². The molecule has 3 heterocycles. The van der Waals surface area contributed by atoms with Gasteiger partial charge in [-0.1, -0.05) is 32.9 Å². The molecule has 1 aliphatic rings. The van der Waals surface area contributed by atoms with E-state index in [2.05, 4.69) is 20.9 Å². The minimum Gasteiger partial charge on any atom is -0.368 e. The van der Waals surface area contributed by atoms with Gasteiger partial charge in [-0.05, 0) is 12.1 Å². The first-order chi connectivity index (χ1) is 16.7. The van der Waals surface area contributed by atoms with E-state index in [1.54, 1.807) is 17.3 Å². The lowest BCUT2D eigenvalue weighted by atomic mass is 9.87. The van der Waals surface area contributed by atoms with Crippen molar-refractivity contribution in [3.05, 3.63) is 42.2 Å². The second kappa shape index (κ2) is 11.5. The number of carbonyl (C=O) groups is 2. The van der Waals surface area contributed by atoms with E-state index in [1.807, 2.05) is 45.0 Å². The monoisotopic (exact) mass is 514 g/mol. The van der Waals surface area contributed by atoms with Gasteiger partial charge in [0.2, 0.25) is 5.91 Å². The predicted molar refractivity (Wildman–Crippen MR) is 139 cm³/mol. The number of aromatic nitrogens is 3. The van der Waals surface area contributed by atoms with Crippen molar-refractivity contribution < 1.29 is 9.59 Å². The van der Waals surface area contributed by atoms with Crippen LogP contribution in [-0.4, -0.2) is 63.1 Å². The number of hydrogen-bond acceptors (Lipinski definition) is 6. The third-order valence-electron chi connectivity index (χ3n) is 5.68. The Morgan fingerprint density at radius 3 is 2.49 bits per heavy atom. The highest BCUT2D eigenvalue weighted by atomic mass is 35.5. The van der Waals surface area contributed by atoms with Crippen molar-refractivity contribution in [2.75, 3.05) is 36.4 Å². The zero-order chi connectivity index (χ0) is 25.6. The molecule has 1 aliphatic heterocycles. The largest absolute Gasteiger partial charge is 0.368 e. The Hall–Kier alpha value is -3.15. The van der Waals surface area contributed by atoms with Gasteiger partial charge in [-0.3, -0.25) is 9.59 Å². The van der Waals surface area contributed by atoms with Crippen LogP contribution in [0.1, 0.15) is 37.6 Å². The van der Waals surface area contributed by atoms with Crippen LogP contribution in [0.5, 0.6) is 0 Å². The molecular weight excluding hydrogens is 487 g/mol. The number of nitriles is 1. The standard InChI is InChI=1S/C24H26N6O2.CH2Cl2/c1-24(2,3)22(32)18-14-26-23-21(18)28-19(15-27-23)16-5-4-6-17(13-16)29-9-11-30(12-10-29)20(31)7-8-25;2-1-3/h4-6,13-15H,7,9-12H2,1-3H3,(H,26,27);1H2. The molecule has 0 unspecified atom stereocenters. The third kappa shape index (κ3) is 6.30. The second-order valence-electron chi connectivity index (χ2n) is 9.09. The molecule has 10 heteroatoms. The summed E-state index contributed by atoms with van der Waals surface area (Å²) in [6, 6.07) is 9.96. The molecule has 1 saturated heterocycles. The van der Waals surface area contributed by atoms with Crippen LogP contribution in [0.3, 0.4) is 0 Å². The molecule has 35 heavy (non-hydrogen) atoms. The summed E-state index contributed by atoms with van der Waals surface area (Å²) in [5, 5.41) is 8.93. The Morgan fingerprint density at radius 2 is 1.86 bits per heavy atom. The average molecular weight is 515 g/mol. The van der Waals surface area contributed by atoms with E-state index in [-0.39, 0.29) is 23.5 Å². The van der Waals surface area contributed by atoms with Gasteiger partial charge in [0.1, 0.15) is 11.9 Å². The highest BCUT2D eigenvalue weighted by molar-refractivity contribution is 6.40. The van der Waals surface area contributed by atoms with Gasteiger partial charge in [0.05, 0.1) is 28.9 Å². The number of fused-ring (bicyclic) bond motifs is 1. The fourth-order valence-electron chi connectivity index (χ4n) is 3.86. The van der Waals surface area contributed by atoms with E-state index in [1.165, 1.54) is 0 Å². The number of Topliss-reactive ketones (excluding diaryl/α,β-unsaturated/α-hetero) is 1. The molecule has 0 spiro atoms. The molecule has 0 aliphatic carbocycles. The maximum absolute atomic E-state index is 12.8. The smallest absolute Gasteiger partial charge is 0.236 e. The van der Waals surface area contributed by atoms with Crippen molar-refractivity contribution >= 4 is 51.7 Å². The number of H-pyrrole nitrogens is 1. The number of nitrogens with zero attached hydrogens (tertiary/aromatic N) is 5. The van der Waals surface area contributed by atoms with E-state index >= 15 is 0 Å². The van der Waals surface area contributed by atoms with Crippen molar-refractivity contribution in [2.45, 2.75) is 27.2 Å². The Morgan fingerprint density at radius 1 is 1.17 bits per heavy atom. The van der Waals surface area contributed by atoms with Gasteiger partial charge < -0.3 is 14.8 Å². The number of alkyl halides is 2.